The molecule has 3 nitrogen and oxygen atoms in total. The van der Waals surface area contributed by atoms with Crippen LogP contribution in [0.2, 0.25) is 0 Å². The first-order valence-corrected chi connectivity index (χ1v) is 8.00. The molecule has 2 N–H and O–H groups in total. The van der Waals surface area contributed by atoms with Gasteiger partial charge < -0.3 is 10.5 Å². The largest absolute Gasteiger partial charge is 0.497 e. The number of benzene rings is 1. The van der Waals surface area contributed by atoms with Crippen LogP contribution in [0.3, 0.4) is 0 Å². The van der Waals surface area contributed by atoms with E-state index in [0.29, 0.717) is 6.54 Å². The highest BCUT2D eigenvalue weighted by Crippen LogP contribution is 2.28. The van der Waals surface area contributed by atoms with Gasteiger partial charge in [0.1, 0.15) is 10.1 Å². The molecule has 0 amide bonds. The second kappa shape index (κ2) is 7.34. The normalized spacial score (nSPS) is 9.95. The number of nitrogens with zero attached hydrogens (tertiary/aromatic N) is 1. The fraction of sp³-hybridized carbons (Fsp3) is 0.267. The molecule has 0 fully saturated rings. The topological polar surface area (TPSA) is 48.1 Å². The summed E-state index contributed by atoms with van der Waals surface area (Å²) in [5, 5.41) is 2.06. The second-order valence-corrected chi connectivity index (χ2v) is 6.15. The molecule has 0 saturated heterocycles. The van der Waals surface area contributed by atoms with E-state index in [2.05, 4.69) is 22.2 Å². The standard InChI is InChI=1S/C15H16N2OS2/c1-11-9-19-15(17-11)20-10-13-8-14(18-2)6-5-12(13)4-3-7-16/h5-6,8-9H,7,10,16H2,1-2H3. The Morgan fingerprint density at radius 2 is 2.30 bits per heavy atom. The molecule has 1 aromatic carbocycles. The minimum absolute atomic E-state index is 0.365. The number of aryl methyl sites for hydroxylation is 1. The third-order valence-corrected chi connectivity index (χ3v) is 4.77. The van der Waals surface area contributed by atoms with Crippen molar-refractivity contribution < 1.29 is 4.74 Å². The second-order valence-electron chi connectivity index (χ2n) is 4.07. The predicted octanol–water partition coefficient (Wildman–Crippen LogP) is 3.06. The number of rotatable bonds is 4. The van der Waals surface area contributed by atoms with Crippen molar-refractivity contribution in [3.8, 4) is 17.6 Å². The Balaban J connectivity index is 2.18. The molecule has 0 saturated carbocycles. The van der Waals surface area contributed by atoms with Gasteiger partial charge in [-0.25, -0.2) is 4.98 Å². The highest BCUT2D eigenvalue weighted by Gasteiger charge is 2.06. The number of methoxy groups -OCH3 is 1. The van der Waals surface area contributed by atoms with Gasteiger partial charge in [0.2, 0.25) is 0 Å². The maximum absolute atomic E-state index is 5.44. The molecule has 20 heavy (non-hydrogen) atoms. The minimum Gasteiger partial charge on any atom is -0.497 e. The molecule has 0 unspecified atom stereocenters. The van der Waals surface area contributed by atoms with Crippen molar-refractivity contribution in [3.05, 3.63) is 40.4 Å². The van der Waals surface area contributed by atoms with Crippen molar-refractivity contribution in [1.82, 2.24) is 4.98 Å². The molecule has 2 rings (SSSR count). The van der Waals surface area contributed by atoms with Gasteiger partial charge in [-0.3, -0.25) is 0 Å². The van der Waals surface area contributed by atoms with Crippen molar-refractivity contribution in [2.45, 2.75) is 17.0 Å². The van der Waals surface area contributed by atoms with Crippen molar-refractivity contribution in [2.75, 3.05) is 13.7 Å². The molecule has 0 atom stereocenters. The number of nitrogens with two attached hydrogens (primary N) is 1. The van der Waals surface area contributed by atoms with Gasteiger partial charge in [0.15, 0.2) is 0 Å². The van der Waals surface area contributed by atoms with E-state index in [0.717, 1.165) is 32.7 Å². The van der Waals surface area contributed by atoms with Crippen LogP contribution >= 0.6 is 23.1 Å². The molecule has 0 aliphatic heterocycles. The third-order valence-electron chi connectivity index (χ3n) is 2.59. The van der Waals surface area contributed by atoms with Gasteiger partial charge in [0.25, 0.3) is 0 Å². The van der Waals surface area contributed by atoms with Gasteiger partial charge in [-0.2, -0.15) is 0 Å². The van der Waals surface area contributed by atoms with Crippen molar-refractivity contribution in [2.24, 2.45) is 5.73 Å². The first kappa shape index (κ1) is 14.9. The lowest BCUT2D eigenvalue weighted by molar-refractivity contribution is 0.414. The van der Waals surface area contributed by atoms with Crippen molar-refractivity contribution >= 4 is 23.1 Å². The fourth-order valence-corrected chi connectivity index (χ4v) is 3.46. The Hall–Kier alpha value is -1.48. The highest BCUT2D eigenvalue weighted by molar-refractivity contribution is 8.00. The molecular formula is C15H16N2OS2. The molecule has 0 spiro atoms. The van der Waals surface area contributed by atoms with Crippen molar-refractivity contribution in [1.29, 1.82) is 0 Å². The Labute approximate surface area is 127 Å². The average molecular weight is 304 g/mol. The maximum atomic E-state index is 5.44. The molecule has 0 radical (unpaired) electrons. The maximum Gasteiger partial charge on any atom is 0.150 e. The van der Waals surface area contributed by atoms with Crippen molar-refractivity contribution in [3.63, 3.8) is 0 Å². The minimum atomic E-state index is 0.365. The Morgan fingerprint density at radius 3 is 2.95 bits per heavy atom. The summed E-state index contributed by atoms with van der Waals surface area (Å²) >= 11 is 3.38. The van der Waals surface area contributed by atoms with Gasteiger partial charge in [-0.1, -0.05) is 23.6 Å². The summed E-state index contributed by atoms with van der Waals surface area (Å²) in [5.41, 5.74) is 8.64. The summed E-state index contributed by atoms with van der Waals surface area (Å²) in [7, 11) is 1.67. The summed E-state index contributed by atoms with van der Waals surface area (Å²) < 4.78 is 6.35. The number of hydrogen-bond acceptors (Lipinski definition) is 5. The van der Waals surface area contributed by atoms with Crippen LogP contribution in [0, 0.1) is 18.8 Å². The Bertz CT molecular complexity index is 641. The molecule has 2 aromatic rings. The van der Waals surface area contributed by atoms with Gasteiger partial charge in [-0.15, -0.1) is 11.3 Å². The number of thiazole rings is 1. The molecule has 0 bridgehead atoms. The Morgan fingerprint density at radius 1 is 1.45 bits per heavy atom. The van der Waals surface area contributed by atoms with Crippen LogP contribution in [0.25, 0.3) is 0 Å². The Kier molecular flexibility index (Phi) is 5.48. The lowest BCUT2D eigenvalue weighted by Crippen LogP contribution is -1.95. The van der Waals surface area contributed by atoms with Crippen LogP contribution in [0.1, 0.15) is 16.8 Å². The van der Waals surface area contributed by atoms with E-state index >= 15 is 0 Å². The molecule has 5 heteroatoms. The smallest absolute Gasteiger partial charge is 0.150 e. The first-order chi connectivity index (χ1) is 9.72. The summed E-state index contributed by atoms with van der Waals surface area (Å²) in [6.45, 7) is 2.37. The monoisotopic (exact) mass is 304 g/mol. The molecule has 1 aromatic heterocycles. The van der Waals surface area contributed by atoms with Gasteiger partial charge in [-0.05, 0) is 30.7 Å². The molecule has 0 aliphatic rings. The van der Waals surface area contributed by atoms with Crippen LogP contribution in [-0.4, -0.2) is 18.6 Å². The van der Waals surface area contributed by atoms with Gasteiger partial charge in [0.05, 0.1) is 13.7 Å². The lowest BCUT2D eigenvalue weighted by Gasteiger charge is -2.06. The SMILES string of the molecule is COc1ccc(C#CCN)c(CSc2nc(C)cs2)c1. The summed E-state index contributed by atoms with van der Waals surface area (Å²) in [4.78, 5) is 4.45. The quantitative estimate of drug-likeness (QED) is 0.696. The third kappa shape index (κ3) is 4.01. The zero-order valence-corrected chi connectivity index (χ0v) is 13.1. The zero-order chi connectivity index (χ0) is 14.4. The van der Waals surface area contributed by atoms with Crippen LogP contribution in [0.4, 0.5) is 0 Å². The number of aromatic nitrogens is 1. The number of thioether (sulfide) groups is 1. The van der Waals surface area contributed by atoms with E-state index < -0.39 is 0 Å². The van der Waals surface area contributed by atoms with Gasteiger partial charge >= 0.3 is 0 Å². The molecular weight excluding hydrogens is 288 g/mol. The van der Waals surface area contributed by atoms with Crippen LogP contribution < -0.4 is 10.5 Å². The van der Waals surface area contributed by atoms with E-state index in [1.54, 1.807) is 30.2 Å². The van der Waals surface area contributed by atoms with E-state index in [4.69, 9.17) is 10.5 Å². The van der Waals surface area contributed by atoms with E-state index in [1.165, 1.54) is 0 Å². The van der Waals surface area contributed by atoms with Gasteiger partial charge in [0, 0.05) is 22.4 Å². The predicted molar refractivity (Wildman–Crippen MR) is 85.3 cm³/mol. The molecule has 104 valence electrons. The number of ether oxygens (including phenoxy) is 1. The first-order valence-electron chi connectivity index (χ1n) is 6.13. The van der Waals surface area contributed by atoms with E-state index in [9.17, 15) is 0 Å². The lowest BCUT2D eigenvalue weighted by atomic mass is 10.1. The summed E-state index contributed by atoms with van der Waals surface area (Å²) in [5.74, 6) is 7.66. The molecule has 1 heterocycles. The number of hydrogen-bond donors (Lipinski definition) is 1. The molecule has 0 aliphatic carbocycles. The average Bonchev–Trinajstić information content (AvgIpc) is 2.89. The van der Waals surface area contributed by atoms with Crippen LogP contribution in [-0.2, 0) is 5.75 Å². The van der Waals surface area contributed by atoms with E-state index in [1.807, 2.05) is 25.1 Å². The van der Waals surface area contributed by atoms with Crippen LogP contribution in [0.5, 0.6) is 5.75 Å². The zero-order valence-electron chi connectivity index (χ0n) is 11.5. The summed E-state index contributed by atoms with van der Waals surface area (Å²) in [6, 6.07) is 5.92. The summed E-state index contributed by atoms with van der Waals surface area (Å²) in [6.07, 6.45) is 0. The highest BCUT2D eigenvalue weighted by atomic mass is 32.2. The van der Waals surface area contributed by atoms with Crippen LogP contribution in [0.15, 0.2) is 27.9 Å². The van der Waals surface area contributed by atoms with E-state index in [-0.39, 0.29) is 0 Å². The fourth-order valence-electron chi connectivity index (χ4n) is 1.62.